The molecule has 0 aromatic carbocycles. The van der Waals surface area contributed by atoms with Crippen molar-refractivity contribution in [2.45, 2.75) is 51.6 Å². The second-order valence-corrected chi connectivity index (χ2v) is 5.66. The molecule has 1 atom stereocenters. The number of carbonyl (C=O) groups excluding carboxylic acids is 1. The summed E-state index contributed by atoms with van der Waals surface area (Å²) in [6, 6.07) is 2.49. The minimum atomic E-state index is 0.256. The number of amides is 1. The first-order valence-electron chi connectivity index (χ1n) is 7.85. The summed E-state index contributed by atoms with van der Waals surface area (Å²) in [6.45, 7) is 4.50. The van der Waals surface area contributed by atoms with Crippen molar-refractivity contribution in [3.8, 4) is 0 Å². The second-order valence-electron chi connectivity index (χ2n) is 5.66. The van der Waals surface area contributed by atoms with Crippen molar-refractivity contribution >= 4 is 5.91 Å². The fraction of sp³-hybridized carbons (Fsp3) is 0.688. The number of nitrogens with one attached hydrogen (secondary N) is 1. The molecule has 1 aromatic heterocycles. The standard InChI is InChI=1S/C16H27N3O/c1-3-15(17-2)14-8-11-18(12-14)13-16(20)19-9-6-4-5-7-10-19/h8,11-12,15,17H,3-7,9-10,13H2,1-2H3. The van der Waals surface area contributed by atoms with E-state index < -0.39 is 0 Å². The Balaban J connectivity index is 1.93. The summed E-state index contributed by atoms with van der Waals surface area (Å²) in [6.07, 6.45) is 10.0. The molecule has 0 bridgehead atoms. The van der Waals surface area contributed by atoms with E-state index in [9.17, 15) is 4.79 Å². The van der Waals surface area contributed by atoms with Crippen molar-refractivity contribution in [3.63, 3.8) is 0 Å². The van der Waals surface area contributed by atoms with E-state index >= 15 is 0 Å². The summed E-state index contributed by atoms with van der Waals surface area (Å²) in [7, 11) is 1.98. The van der Waals surface area contributed by atoms with Crippen LogP contribution in [-0.4, -0.2) is 35.5 Å². The van der Waals surface area contributed by atoms with Crippen LogP contribution in [0.5, 0.6) is 0 Å². The maximum atomic E-state index is 12.3. The molecule has 1 amide bonds. The van der Waals surface area contributed by atoms with Crippen LogP contribution in [0.1, 0.15) is 50.6 Å². The van der Waals surface area contributed by atoms with Crippen LogP contribution in [0.4, 0.5) is 0 Å². The van der Waals surface area contributed by atoms with Crippen LogP contribution in [0.3, 0.4) is 0 Å². The van der Waals surface area contributed by atoms with E-state index in [0.717, 1.165) is 32.4 Å². The highest BCUT2D eigenvalue weighted by Gasteiger charge is 2.16. The predicted octanol–water partition coefficient (Wildman–Crippen LogP) is 2.56. The van der Waals surface area contributed by atoms with Gasteiger partial charge < -0.3 is 14.8 Å². The number of aromatic nitrogens is 1. The molecule has 2 heterocycles. The molecule has 0 saturated carbocycles. The lowest BCUT2D eigenvalue weighted by Crippen LogP contribution is -2.34. The average Bonchev–Trinajstić information content (AvgIpc) is 2.75. The molecule has 2 rings (SSSR count). The van der Waals surface area contributed by atoms with E-state index in [-0.39, 0.29) is 5.91 Å². The fourth-order valence-electron chi connectivity index (χ4n) is 2.95. The van der Waals surface area contributed by atoms with Crippen LogP contribution in [-0.2, 0) is 11.3 Å². The van der Waals surface area contributed by atoms with Gasteiger partial charge in [-0.15, -0.1) is 0 Å². The lowest BCUT2D eigenvalue weighted by Gasteiger charge is -2.20. The molecule has 0 spiro atoms. The largest absolute Gasteiger partial charge is 0.345 e. The Bertz CT molecular complexity index is 415. The van der Waals surface area contributed by atoms with Crippen LogP contribution in [0.25, 0.3) is 0 Å². The molecule has 1 saturated heterocycles. The third-order valence-corrected chi connectivity index (χ3v) is 4.21. The van der Waals surface area contributed by atoms with Gasteiger partial charge in [-0.1, -0.05) is 19.8 Å². The van der Waals surface area contributed by atoms with Crippen molar-refractivity contribution in [1.82, 2.24) is 14.8 Å². The summed E-state index contributed by atoms with van der Waals surface area (Å²) in [5, 5.41) is 3.30. The normalized spacial score (nSPS) is 17.8. The summed E-state index contributed by atoms with van der Waals surface area (Å²) in [4.78, 5) is 14.4. The lowest BCUT2D eigenvalue weighted by molar-refractivity contribution is -0.131. The quantitative estimate of drug-likeness (QED) is 0.898. The summed E-state index contributed by atoms with van der Waals surface area (Å²) in [5.74, 6) is 0.256. The zero-order valence-corrected chi connectivity index (χ0v) is 12.8. The maximum absolute atomic E-state index is 12.3. The molecule has 112 valence electrons. The van der Waals surface area contributed by atoms with Crippen molar-refractivity contribution in [2.75, 3.05) is 20.1 Å². The molecule has 1 aromatic rings. The first kappa shape index (κ1) is 15.1. The van der Waals surface area contributed by atoms with Gasteiger partial charge in [-0.2, -0.15) is 0 Å². The highest BCUT2D eigenvalue weighted by Crippen LogP contribution is 2.16. The van der Waals surface area contributed by atoms with Gasteiger partial charge in [-0.25, -0.2) is 0 Å². The Labute approximate surface area is 122 Å². The number of hydrogen-bond acceptors (Lipinski definition) is 2. The molecule has 1 N–H and O–H groups in total. The summed E-state index contributed by atoms with van der Waals surface area (Å²) in [5.41, 5.74) is 1.26. The van der Waals surface area contributed by atoms with Crippen LogP contribution in [0, 0.1) is 0 Å². The monoisotopic (exact) mass is 277 g/mol. The van der Waals surface area contributed by atoms with Crippen LogP contribution < -0.4 is 5.32 Å². The van der Waals surface area contributed by atoms with Gasteiger partial charge >= 0.3 is 0 Å². The zero-order valence-electron chi connectivity index (χ0n) is 12.8. The van der Waals surface area contributed by atoms with Gasteiger partial charge in [0.05, 0.1) is 0 Å². The molecular formula is C16H27N3O. The van der Waals surface area contributed by atoms with Crippen LogP contribution >= 0.6 is 0 Å². The highest BCUT2D eigenvalue weighted by molar-refractivity contribution is 5.76. The van der Waals surface area contributed by atoms with Gasteiger partial charge in [0.15, 0.2) is 0 Å². The Morgan fingerprint density at radius 2 is 2.00 bits per heavy atom. The Hall–Kier alpha value is -1.29. The van der Waals surface area contributed by atoms with Gasteiger partial charge in [-0.3, -0.25) is 4.79 Å². The fourth-order valence-corrected chi connectivity index (χ4v) is 2.95. The molecule has 0 aliphatic carbocycles. The first-order valence-corrected chi connectivity index (χ1v) is 7.85. The Morgan fingerprint density at radius 1 is 1.30 bits per heavy atom. The van der Waals surface area contributed by atoms with E-state index in [1.54, 1.807) is 0 Å². The molecule has 1 aliphatic heterocycles. The molecule has 0 radical (unpaired) electrons. The van der Waals surface area contributed by atoms with Crippen molar-refractivity contribution in [3.05, 3.63) is 24.0 Å². The van der Waals surface area contributed by atoms with Gasteiger partial charge in [0.2, 0.25) is 5.91 Å². The Kier molecular flexibility index (Phi) is 5.65. The first-order chi connectivity index (χ1) is 9.74. The number of hydrogen-bond donors (Lipinski definition) is 1. The smallest absolute Gasteiger partial charge is 0.242 e. The van der Waals surface area contributed by atoms with E-state index in [2.05, 4.69) is 24.5 Å². The second kappa shape index (κ2) is 7.48. The molecule has 4 nitrogen and oxygen atoms in total. The Morgan fingerprint density at radius 3 is 2.60 bits per heavy atom. The van der Waals surface area contributed by atoms with E-state index in [0.29, 0.717) is 12.6 Å². The van der Waals surface area contributed by atoms with Crippen LogP contribution in [0.2, 0.25) is 0 Å². The zero-order chi connectivity index (χ0) is 14.4. The van der Waals surface area contributed by atoms with Gasteiger partial charge in [0.1, 0.15) is 6.54 Å². The maximum Gasteiger partial charge on any atom is 0.242 e. The molecule has 20 heavy (non-hydrogen) atoms. The van der Waals surface area contributed by atoms with Gasteiger partial charge in [0.25, 0.3) is 0 Å². The summed E-state index contributed by atoms with van der Waals surface area (Å²) < 4.78 is 2.02. The lowest BCUT2D eigenvalue weighted by atomic mass is 10.1. The average molecular weight is 277 g/mol. The highest BCUT2D eigenvalue weighted by atomic mass is 16.2. The van der Waals surface area contributed by atoms with Crippen molar-refractivity contribution < 1.29 is 4.79 Å². The van der Waals surface area contributed by atoms with Crippen molar-refractivity contribution in [1.29, 1.82) is 0 Å². The van der Waals surface area contributed by atoms with E-state index in [1.807, 2.05) is 22.7 Å². The minimum absolute atomic E-state index is 0.256. The number of nitrogens with zero attached hydrogens (tertiary/aromatic N) is 2. The number of rotatable bonds is 5. The van der Waals surface area contributed by atoms with Crippen molar-refractivity contribution in [2.24, 2.45) is 0 Å². The number of likely N-dealkylation sites (tertiary alicyclic amines) is 1. The molecule has 1 unspecified atom stereocenters. The topological polar surface area (TPSA) is 37.3 Å². The van der Waals surface area contributed by atoms with Gasteiger partial charge in [-0.05, 0) is 37.9 Å². The molecule has 4 heteroatoms. The van der Waals surface area contributed by atoms with Gasteiger partial charge in [0, 0.05) is 31.5 Å². The van der Waals surface area contributed by atoms with Crippen LogP contribution in [0.15, 0.2) is 18.5 Å². The molecule has 1 aliphatic rings. The summed E-state index contributed by atoms with van der Waals surface area (Å²) >= 11 is 0. The number of carbonyl (C=O) groups is 1. The minimum Gasteiger partial charge on any atom is -0.345 e. The van der Waals surface area contributed by atoms with E-state index in [4.69, 9.17) is 0 Å². The van der Waals surface area contributed by atoms with E-state index in [1.165, 1.54) is 18.4 Å². The third kappa shape index (κ3) is 3.85. The SMILES string of the molecule is CCC(NC)c1ccn(CC(=O)N2CCCCCC2)c1. The molecular weight excluding hydrogens is 250 g/mol. The predicted molar refractivity (Wildman–Crippen MR) is 81.6 cm³/mol. The molecule has 1 fully saturated rings. The third-order valence-electron chi connectivity index (χ3n) is 4.21.